The summed E-state index contributed by atoms with van der Waals surface area (Å²) in [6.45, 7) is 6.38. The first kappa shape index (κ1) is 12.4. The van der Waals surface area contributed by atoms with E-state index < -0.39 is 0 Å². The molecule has 1 aromatic carbocycles. The van der Waals surface area contributed by atoms with Crippen LogP contribution in [0.1, 0.15) is 38.2 Å². The van der Waals surface area contributed by atoms with Crippen LogP contribution in [0.5, 0.6) is 0 Å². The van der Waals surface area contributed by atoms with Gasteiger partial charge in [-0.2, -0.15) is 0 Å². The SMILES string of the molecule is CCN(CC1(N)CCCC1)c1cccc(C)c1. The molecule has 0 spiro atoms. The fourth-order valence-corrected chi connectivity index (χ4v) is 2.83. The van der Waals surface area contributed by atoms with Crippen LogP contribution in [-0.2, 0) is 0 Å². The molecule has 2 N–H and O–H groups in total. The Bertz CT molecular complexity index is 367. The van der Waals surface area contributed by atoms with Crippen LogP contribution < -0.4 is 10.6 Å². The summed E-state index contributed by atoms with van der Waals surface area (Å²) < 4.78 is 0. The number of benzene rings is 1. The maximum atomic E-state index is 6.47. The minimum atomic E-state index is 0.0414. The van der Waals surface area contributed by atoms with Crippen LogP contribution in [0.3, 0.4) is 0 Å². The number of nitrogens with two attached hydrogens (primary N) is 1. The minimum Gasteiger partial charge on any atom is -0.370 e. The monoisotopic (exact) mass is 232 g/mol. The molecule has 0 radical (unpaired) electrons. The van der Waals surface area contributed by atoms with E-state index in [-0.39, 0.29) is 5.54 Å². The fraction of sp³-hybridized carbons (Fsp3) is 0.600. The summed E-state index contributed by atoms with van der Waals surface area (Å²) in [5.41, 5.74) is 9.14. The van der Waals surface area contributed by atoms with Crippen LogP contribution in [0.4, 0.5) is 5.69 Å². The van der Waals surface area contributed by atoms with E-state index >= 15 is 0 Å². The van der Waals surface area contributed by atoms with Crippen LogP contribution in [0.25, 0.3) is 0 Å². The van der Waals surface area contributed by atoms with Crippen molar-refractivity contribution in [3.8, 4) is 0 Å². The molecule has 0 aliphatic heterocycles. The second-order valence-corrected chi connectivity index (χ2v) is 5.42. The first-order chi connectivity index (χ1) is 8.13. The predicted octanol–water partition coefficient (Wildman–Crippen LogP) is 3.09. The minimum absolute atomic E-state index is 0.0414. The first-order valence-electron chi connectivity index (χ1n) is 6.73. The van der Waals surface area contributed by atoms with Gasteiger partial charge in [-0.15, -0.1) is 0 Å². The zero-order valence-corrected chi connectivity index (χ0v) is 11.1. The molecule has 2 rings (SSSR count). The summed E-state index contributed by atoms with van der Waals surface area (Å²) in [5.74, 6) is 0. The highest BCUT2D eigenvalue weighted by Gasteiger charge is 2.31. The highest BCUT2D eigenvalue weighted by atomic mass is 15.1. The maximum absolute atomic E-state index is 6.47. The molecule has 1 fully saturated rings. The van der Waals surface area contributed by atoms with Crippen molar-refractivity contribution < 1.29 is 0 Å². The van der Waals surface area contributed by atoms with Crippen LogP contribution in [0, 0.1) is 6.92 Å². The predicted molar refractivity (Wildman–Crippen MR) is 74.5 cm³/mol. The Kier molecular flexibility index (Phi) is 3.72. The van der Waals surface area contributed by atoms with Crippen LogP contribution in [0.2, 0.25) is 0 Å². The van der Waals surface area contributed by atoms with Crippen LogP contribution >= 0.6 is 0 Å². The Labute approximate surface area is 105 Å². The Morgan fingerprint density at radius 2 is 2.00 bits per heavy atom. The molecule has 2 heteroatoms. The molecule has 0 heterocycles. The lowest BCUT2D eigenvalue weighted by Crippen LogP contribution is -2.48. The molecule has 2 nitrogen and oxygen atoms in total. The second kappa shape index (κ2) is 5.09. The number of likely N-dealkylation sites (N-methyl/N-ethyl adjacent to an activating group) is 1. The van der Waals surface area contributed by atoms with Gasteiger partial charge in [0.05, 0.1) is 0 Å². The molecule has 94 valence electrons. The molecule has 0 amide bonds. The van der Waals surface area contributed by atoms with E-state index in [0.717, 1.165) is 13.1 Å². The quantitative estimate of drug-likeness (QED) is 0.864. The lowest BCUT2D eigenvalue weighted by atomic mass is 9.98. The second-order valence-electron chi connectivity index (χ2n) is 5.42. The molecule has 0 aromatic heterocycles. The highest BCUT2D eigenvalue weighted by Crippen LogP contribution is 2.29. The molecule has 1 aliphatic carbocycles. The van der Waals surface area contributed by atoms with E-state index in [9.17, 15) is 0 Å². The van der Waals surface area contributed by atoms with Crippen molar-refractivity contribution in [1.82, 2.24) is 0 Å². The number of nitrogens with zero attached hydrogens (tertiary/aromatic N) is 1. The first-order valence-corrected chi connectivity index (χ1v) is 6.73. The van der Waals surface area contributed by atoms with Crippen LogP contribution in [0.15, 0.2) is 24.3 Å². The van der Waals surface area contributed by atoms with Crippen molar-refractivity contribution in [1.29, 1.82) is 0 Å². The van der Waals surface area contributed by atoms with Crippen molar-refractivity contribution in [3.05, 3.63) is 29.8 Å². The largest absolute Gasteiger partial charge is 0.370 e. The van der Waals surface area contributed by atoms with E-state index in [1.807, 2.05) is 0 Å². The third-order valence-electron chi connectivity index (χ3n) is 3.85. The molecule has 0 unspecified atom stereocenters. The third kappa shape index (κ3) is 3.01. The fourth-order valence-electron chi connectivity index (χ4n) is 2.83. The summed E-state index contributed by atoms with van der Waals surface area (Å²) >= 11 is 0. The van der Waals surface area contributed by atoms with Gasteiger partial charge in [-0.05, 0) is 44.4 Å². The standard InChI is InChI=1S/C15H24N2/c1-3-17(12-15(16)9-4-5-10-15)14-8-6-7-13(2)11-14/h6-8,11H,3-5,9-10,12,16H2,1-2H3. The van der Waals surface area contributed by atoms with E-state index in [1.165, 1.54) is 36.9 Å². The number of hydrogen-bond donors (Lipinski definition) is 1. The molecule has 1 saturated carbocycles. The van der Waals surface area contributed by atoms with Gasteiger partial charge in [-0.25, -0.2) is 0 Å². The van der Waals surface area contributed by atoms with Gasteiger partial charge in [0.25, 0.3) is 0 Å². The topological polar surface area (TPSA) is 29.3 Å². The van der Waals surface area contributed by atoms with Crippen molar-refractivity contribution in [3.63, 3.8) is 0 Å². The van der Waals surface area contributed by atoms with Gasteiger partial charge in [0, 0.05) is 24.3 Å². The van der Waals surface area contributed by atoms with Crippen molar-refractivity contribution in [2.75, 3.05) is 18.0 Å². The Hall–Kier alpha value is -1.02. The Balaban J connectivity index is 2.11. The molecule has 0 bridgehead atoms. The molecule has 0 atom stereocenters. The number of aryl methyl sites for hydroxylation is 1. The van der Waals surface area contributed by atoms with E-state index in [2.05, 4.69) is 43.0 Å². The van der Waals surface area contributed by atoms with E-state index in [4.69, 9.17) is 5.73 Å². The molecule has 0 saturated heterocycles. The summed E-state index contributed by atoms with van der Waals surface area (Å²) in [7, 11) is 0. The lowest BCUT2D eigenvalue weighted by Gasteiger charge is -2.33. The van der Waals surface area contributed by atoms with Gasteiger partial charge in [0.1, 0.15) is 0 Å². The van der Waals surface area contributed by atoms with Crippen molar-refractivity contribution >= 4 is 5.69 Å². The van der Waals surface area contributed by atoms with E-state index in [1.54, 1.807) is 0 Å². The van der Waals surface area contributed by atoms with Crippen molar-refractivity contribution in [2.24, 2.45) is 5.73 Å². The Morgan fingerprint density at radius 1 is 1.29 bits per heavy atom. The van der Waals surface area contributed by atoms with Gasteiger partial charge in [0.15, 0.2) is 0 Å². The number of hydrogen-bond acceptors (Lipinski definition) is 2. The molecular formula is C15H24N2. The van der Waals surface area contributed by atoms with Crippen LogP contribution in [-0.4, -0.2) is 18.6 Å². The summed E-state index contributed by atoms with van der Waals surface area (Å²) in [6, 6.07) is 8.72. The summed E-state index contributed by atoms with van der Waals surface area (Å²) in [5, 5.41) is 0. The van der Waals surface area contributed by atoms with Crippen molar-refractivity contribution in [2.45, 2.75) is 45.1 Å². The van der Waals surface area contributed by atoms with Gasteiger partial charge in [-0.1, -0.05) is 25.0 Å². The average molecular weight is 232 g/mol. The number of rotatable bonds is 4. The summed E-state index contributed by atoms with van der Waals surface area (Å²) in [4.78, 5) is 2.42. The molecule has 1 aliphatic rings. The van der Waals surface area contributed by atoms with E-state index in [0.29, 0.717) is 0 Å². The molecule has 17 heavy (non-hydrogen) atoms. The highest BCUT2D eigenvalue weighted by molar-refractivity contribution is 5.48. The van der Waals surface area contributed by atoms with Gasteiger partial charge >= 0.3 is 0 Å². The summed E-state index contributed by atoms with van der Waals surface area (Å²) in [6.07, 6.45) is 4.94. The molecular weight excluding hydrogens is 208 g/mol. The average Bonchev–Trinajstić information content (AvgIpc) is 2.73. The Morgan fingerprint density at radius 3 is 2.59 bits per heavy atom. The third-order valence-corrected chi connectivity index (χ3v) is 3.85. The van der Waals surface area contributed by atoms with Gasteiger partial charge in [-0.3, -0.25) is 0 Å². The maximum Gasteiger partial charge on any atom is 0.0369 e. The zero-order chi connectivity index (χ0) is 12.3. The molecule has 1 aromatic rings. The smallest absolute Gasteiger partial charge is 0.0369 e. The zero-order valence-electron chi connectivity index (χ0n) is 11.1. The lowest BCUT2D eigenvalue weighted by molar-refractivity contribution is 0.436. The normalized spacial score (nSPS) is 18.3. The number of anilines is 1. The van der Waals surface area contributed by atoms with Gasteiger partial charge < -0.3 is 10.6 Å². The van der Waals surface area contributed by atoms with Gasteiger partial charge in [0.2, 0.25) is 0 Å².